The Morgan fingerprint density at radius 2 is 2.24 bits per heavy atom. The molecule has 0 saturated heterocycles. The van der Waals surface area contributed by atoms with Crippen LogP contribution >= 0.6 is 11.8 Å². The Morgan fingerprint density at radius 1 is 1.48 bits per heavy atom. The number of hydrogen-bond donors (Lipinski definition) is 1. The number of nitrogen functional groups attached to an aromatic ring is 1. The molecule has 0 aliphatic rings. The molecule has 0 aliphatic carbocycles. The predicted molar refractivity (Wildman–Crippen MR) is 77.7 cm³/mol. The number of nitrogens with zero attached hydrogens (tertiary/aromatic N) is 5. The standard InChI is InChI=1S/C12H16N6O2S/c1-4-20-11(19)8-5-14-12(15-10(8)13)21-6-9-17-16-7(2)18(9)3/h5H,4,6H2,1-3H3,(H2,13,14,15). The number of carbonyl (C=O) groups excluding carboxylic acids is 1. The first-order chi connectivity index (χ1) is 10.0. The van der Waals surface area contributed by atoms with E-state index in [0.29, 0.717) is 10.9 Å². The summed E-state index contributed by atoms with van der Waals surface area (Å²) in [4.78, 5) is 19.8. The number of anilines is 1. The van der Waals surface area contributed by atoms with Gasteiger partial charge in [-0.25, -0.2) is 14.8 Å². The third-order valence-electron chi connectivity index (χ3n) is 2.80. The van der Waals surface area contributed by atoms with Gasteiger partial charge in [-0.05, 0) is 13.8 Å². The number of esters is 1. The molecule has 0 bridgehead atoms. The summed E-state index contributed by atoms with van der Waals surface area (Å²) in [7, 11) is 1.89. The Morgan fingerprint density at radius 3 is 2.81 bits per heavy atom. The van der Waals surface area contributed by atoms with E-state index in [4.69, 9.17) is 10.5 Å². The molecular formula is C12H16N6O2S. The Hall–Kier alpha value is -2.16. The van der Waals surface area contributed by atoms with E-state index in [0.717, 1.165) is 11.6 Å². The van der Waals surface area contributed by atoms with Gasteiger partial charge in [-0.2, -0.15) is 0 Å². The molecule has 0 unspecified atom stereocenters. The fourth-order valence-electron chi connectivity index (χ4n) is 1.52. The van der Waals surface area contributed by atoms with Crippen molar-refractivity contribution in [2.45, 2.75) is 24.8 Å². The normalized spacial score (nSPS) is 10.6. The fraction of sp³-hybridized carbons (Fsp3) is 0.417. The number of aromatic nitrogens is 5. The molecule has 21 heavy (non-hydrogen) atoms. The third kappa shape index (κ3) is 3.48. The van der Waals surface area contributed by atoms with Gasteiger partial charge in [0.1, 0.15) is 23.0 Å². The van der Waals surface area contributed by atoms with Gasteiger partial charge >= 0.3 is 5.97 Å². The molecule has 0 amide bonds. The Labute approximate surface area is 126 Å². The summed E-state index contributed by atoms with van der Waals surface area (Å²) in [5, 5.41) is 8.50. The molecule has 0 atom stereocenters. The average molecular weight is 308 g/mol. The second kappa shape index (κ2) is 6.53. The molecule has 0 aliphatic heterocycles. The van der Waals surface area contributed by atoms with Crippen molar-refractivity contribution in [3.05, 3.63) is 23.4 Å². The van der Waals surface area contributed by atoms with Crippen LogP contribution in [0, 0.1) is 6.92 Å². The molecule has 2 N–H and O–H groups in total. The van der Waals surface area contributed by atoms with Gasteiger partial charge in [-0.3, -0.25) is 0 Å². The number of hydrogen-bond acceptors (Lipinski definition) is 8. The van der Waals surface area contributed by atoms with E-state index in [-0.39, 0.29) is 18.0 Å². The fourth-order valence-corrected chi connectivity index (χ4v) is 2.32. The summed E-state index contributed by atoms with van der Waals surface area (Å²) in [6.45, 7) is 3.88. The number of carbonyl (C=O) groups is 1. The van der Waals surface area contributed by atoms with Gasteiger partial charge < -0.3 is 15.0 Å². The largest absolute Gasteiger partial charge is 0.462 e. The first kappa shape index (κ1) is 15.2. The van der Waals surface area contributed by atoms with Gasteiger partial charge in [0, 0.05) is 13.2 Å². The van der Waals surface area contributed by atoms with E-state index in [1.54, 1.807) is 6.92 Å². The first-order valence-corrected chi connectivity index (χ1v) is 7.28. The highest BCUT2D eigenvalue weighted by Crippen LogP contribution is 2.20. The highest BCUT2D eigenvalue weighted by Gasteiger charge is 2.14. The Bertz CT molecular complexity index is 657. The van der Waals surface area contributed by atoms with Crippen LogP contribution < -0.4 is 5.73 Å². The molecule has 8 nitrogen and oxygen atoms in total. The van der Waals surface area contributed by atoms with Crippen LogP contribution in [-0.4, -0.2) is 37.3 Å². The van der Waals surface area contributed by atoms with E-state index < -0.39 is 5.97 Å². The van der Waals surface area contributed by atoms with Crippen LogP contribution in [0.2, 0.25) is 0 Å². The van der Waals surface area contributed by atoms with E-state index in [9.17, 15) is 4.79 Å². The molecule has 2 heterocycles. The van der Waals surface area contributed by atoms with Gasteiger partial charge in [-0.1, -0.05) is 11.8 Å². The maximum absolute atomic E-state index is 11.6. The zero-order valence-corrected chi connectivity index (χ0v) is 12.8. The smallest absolute Gasteiger partial charge is 0.343 e. The molecule has 2 aromatic heterocycles. The first-order valence-electron chi connectivity index (χ1n) is 6.30. The van der Waals surface area contributed by atoms with Crippen molar-refractivity contribution in [1.82, 2.24) is 24.7 Å². The minimum Gasteiger partial charge on any atom is -0.462 e. The van der Waals surface area contributed by atoms with Crippen LogP contribution in [0.25, 0.3) is 0 Å². The number of ether oxygens (including phenoxy) is 1. The average Bonchev–Trinajstić information content (AvgIpc) is 2.77. The van der Waals surface area contributed by atoms with E-state index in [1.165, 1.54) is 18.0 Å². The summed E-state index contributed by atoms with van der Waals surface area (Å²) < 4.78 is 6.76. The topological polar surface area (TPSA) is 109 Å². The maximum Gasteiger partial charge on any atom is 0.343 e. The van der Waals surface area contributed by atoms with Gasteiger partial charge in [0.25, 0.3) is 0 Å². The molecule has 0 spiro atoms. The number of rotatable bonds is 5. The van der Waals surface area contributed by atoms with Gasteiger partial charge in [0.15, 0.2) is 5.16 Å². The van der Waals surface area contributed by atoms with Crippen molar-refractivity contribution >= 4 is 23.5 Å². The third-order valence-corrected chi connectivity index (χ3v) is 3.66. The minimum atomic E-state index is -0.518. The minimum absolute atomic E-state index is 0.111. The van der Waals surface area contributed by atoms with E-state index >= 15 is 0 Å². The van der Waals surface area contributed by atoms with Gasteiger partial charge in [-0.15, -0.1) is 10.2 Å². The van der Waals surface area contributed by atoms with Crippen molar-refractivity contribution in [3.63, 3.8) is 0 Å². The quantitative estimate of drug-likeness (QED) is 0.494. The van der Waals surface area contributed by atoms with Gasteiger partial charge in [0.2, 0.25) is 0 Å². The van der Waals surface area contributed by atoms with Crippen LogP contribution in [0.5, 0.6) is 0 Å². The molecule has 0 fully saturated rings. The van der Waals surface area contributed by atoms with Crippen LogP contribution in [0.4, 0.5) is 5.82 Å². The highest BCUT2D eigenvalue weighted by atomic mass is 32.2. The Kier molecular flexibility index (Phi) is 4.73. The van der Waals surface area contributed by atoms with Crippen molar-refractivity contribution in [2.75, 3.05) is 12.3 Å². The van der Waals surface area contributed by atoms with Crippen LogP contribution in [-0.2, 0) is 17.5 Å². The van der Waals surface area contributed by atoms with Crippen molar-refractivity contribution in [1.29, 1.82) is 0 Å². The van der Waals surface area contributed by atoms with Crippen molar-refractivity contribution in [3.8, 4) is 0 Å². The lowest BCUT2D eigenvalue weighted by molar-refractivity contribution is 0.0526. The van der Waals surface area contributed by atoms with Crippen LogP contribution in [0.3, 0.4) is 0 Å². The zero-order valence-electron chi connectivity index (χ0n) is 12.0. The lowest BCUT2D eigenvalue weighted by Gasteiger charge is -2.06. The second-order valence-corrected chi connectivity index (χ2v) is 5.13. The van der Waals surface area contributed by atoms with Gasteiger partial charge in [0.05, 0.1) is 12.4 Å². The maximum atomic E-state index is 11.6. The summed E-state index contributed by atoms with van der Waals surface area (Å²) >= 11 is 1.37. The molecule has 9 heteroatoms. The van der Waals surface area contributed by atoms with Crippen molar-refractivity contribution < 1.29 is 9.53 Å². The molecule has 0 aromatic carbocycles. The Balaban J connectivity index is 2.07. The highest BCUT2D eigenvalue weighted by molar-refractivity contribution is 7.98. The summed E-state index contributed by atoms with van der Waals surface area (Å²) in [6, 6.07) is 0. The van der Waals surface area contributed by atoms with E-state index in [1.807, 2.05) is 18.5 Å². The predicted octanol–water partition coefficient (Wildman–Crippen LogP) is 0.965. The lowest BCUT2D eigenvalue weighted by atomic mass is 10.3. The monoisotopic (exact) mass is 308 g/mol. The second-order valence-electron chi connectivity index (χ2n) is 4.18. The molecule has 112 valence electrons. The lowest BCUT2D eigenvalue weighted by Crippen LogP contribution is -2.10. The molecule has 0 radical (unpaired) electrons. The summed E-state index contributed by atoms with van der Waals surface area (Å²) in [5.41, 5.74) is 5.93. The summed E-state index contributed by atoms with van der Waals surface area (Å²) in [5.74, 6) is 1.81. The zero-order chi connectivity index (χ0) is 15.4. The summed E-state index contributed by atoms with van der Waals surface area (Å²) in [6.07, 6.45) is 1.38. The molecule has 0 saturated carbocycles. The number of nitrogens with two attached hydrogens (primary N) is 1. The molecule has 2 aromatic rings. The number of aryl methyl sites for hydroxylation is 1. The van der Waals surface area contributed by atoms with Crippen LogP contribution in [0.1, 0.15) is 28.9 Å². The van der Waals surface area contributed by atoms with Crippen molar-refractivity contribution in [2.24, 2.45) is 7.05 Å². The van der Waals surface area contributed by atoms with E-state index in [2.05, 4.69) is 20.2 Å². The van der Waals surface area contributed by atoms with Crippen LogP contribution in [0.15, 0.2) is 11.4 Å². The molecule has 2 rings (SSSR count). The molecular weight excluding hydrogens is 292 g/mol. The number of thioether (sulfide) groups is 1. The SMILES string of the molecule is CCOC(=O)c1cnc(SCc2nnc(C)n2C)nc1N.